The van der Waals surface area contributed by atoms with E-state index in [4.69, 9.17) is 27.9 Å². The van der Waals surface area contributed by atoms with Gasteiger partial charge in [-0.25, -0.2) is 5.43 Å². The van der Waals surface area contributed by atoms with E-state index >= 15 is 0 Å². The van der Waals surface area contributed by atoms with Gasteiger partial charge in [-0.3, -0.25) is 4.79 Å². The van der Waals surface area contributed by atoms with Crippen LogP contribution < -0.4 is 10.2 Å². The molecule has 0 atom stereocenters. The molecule has 4 aromatic rings. The summed E-state index contributed by atoms with van der Waals surface area (Å²) in [6.07, 6.45) is 3.62. The Balaban J connectivity index is 1.59. The lowest BCUT2D eigenvalue weighted by molar-refractivity contribution is 0.0952. The van der Waals surface area contributed by atoms with E-state index in [1.807, 2.05) is 42.6 Å². The molecule has 0 aliphatic carbocycles. The molecule has 3 aromatic carbocycles. The average molecular weight is 452 g/mol. The van der Waals surface area contributed by atoms with Crippen molar-refractivity contribution in [2.24, 2.45) is 5.10 Å². The first-order valence-corrected chi connectivity index (χ1v) is 10.3. The third-order valence-electron chi connectivity index (χ3n) is 4.90. The Hall–Kier alpha value is -3.28. The lowest BCUT2D eigenvalue weighted by Crippen LogP contribution is -2.18. The molecule has 0 unspecified atom stereocenters. The highest BCUT2D eigenvalue weighted by Gasteiger charge is 2.11. The number of halogens is 2. The van der Waals surface area contributed by atoms with Gasteiger partial charge in [-0.2, -0.15) is 5.10 Å². The van der Waals surface area contributed by atoms with Crippen LogP contribution in [0.4, 0.5) is 0 Å². The van der Waals surface area contributed by atoms with Crippen LogP contribution in [-0.2, 0) is 6.54 Å². The van der Waals surface area contributed by atoms with Crippen LogP contribution in [-0.4, -0.2) is 23.8 Å². The van der Waals surface area contributed by atoms with E-state index in [0.717, 1.165) is 22.0 Å². The van der Waals surface area contributed by atoms with Crippen LogP contribution in [0.5, 0.6) is 5.75 Å². The number of rotatable bonds is 6. The summed E-state index contributed by atoms with van der Waals surface area (Å²) in [4.78, 5) is 12.5. The van der Waals surface area contributed by atoms with Crippen LogP contribution in [0.2, 0.25) is 10.0 Å². The van der Waals surface area contributed by atoms with E-state index in [9.17, 15) is 4.79 Å². The maximum Gasteiger partial charge on any atom is 0.275 e. The summed E-state index contributed by atoms with van der Waals surface area (Å²) < 4.78 is 7.32. The third-order valence-corrected chi connectivity index (χ3v) is 5.48. The van der Waals surface area contributed by atoms with E-state index in [1.165, 1.54) is 7.11 Å². The van der Waals surface area contributed by atoms with Crippen molar-refractivity contribution in [1.82, 2.24) is 9.99 Å². The zero-order valence-electron chi connectivity index (χ0n) is 16.7. The second kappa shape index (κ2) is 9.25. The van der Waals surface area contributed by atoms with Crippen molar-refractivity contribution in [3.8, 4) is 5.75 Å². The molecule has 0 bridgehead atoms. The maximum atomic E-state index is 12.5. The quantitative estimate of drug-likeness (QED) is 0.298. The summed E-state index contributed by atoms with van der Waals surface area (Å²) in [6, 6.07) is 20.5. The number of hydrogen-bond donors (Lipinski definition) is 1. The zero-order chi connectivity index (χ0) is 21.8. The molecule has 1 heterocycles. The highest BCUT2D eigenvalue weighted by Crippen LogP contribution is 2.25. The third kappa shape index (κ3) is 4.58. The lowest BCUT2D eigenvalue weighted by Gasteiger charge is -2.08. The summed E-state index contributed by atoms with van der Waals surface area (Å²) in [5.41, 5.74) is 5.85. The molecule has 4 rings (SSSR count). The molecule has 31 heavy (non-hydrogen) atoms. The van der Waals surface area contributed by atoms with Crippen LogP contribution in [0.3, 0.4) is 0 Å². The molecule has 0 spiro atoms. The molecular weight excluding hydrogens is 433 g/mol. The standard InChI is InChI=1S/C24H19Cl2N3O2/c1-31-23-9-5-3-7-20(23)24(30)28-27-13-17-15-29(22-8-4-2-6-19(17)22)14-16-10-11-18(25)12-21(16)26/h2-13,15H,14H2,1H3,(H,28,30)/b27-13-. The predicted octanol–water partition coefficient (Wildman–Crippen LogP) is 5.77. The number of nitrogens with one attached hydrogen (secondary N) is 1. The van der Waals surface area contributed by atoms with Crippen molar-refractivity contribution in [1.29, 1.82) is 0 Å². The second-order valence-electron chi connectivity index (χ2n) is 6.86. The molecule has 156 valence electrons. The highest BCUT2D eigenvalue weighted by atomic mass is 35.5. The lowest BCUT2D eigenvalue weighted by atomic mass is 10.2. The van der Waals surface area contributed by atoms with Gasteiger partial charge in [0.1, 0.15) is 5.75 Å². The van der Waals surface area contributed by atoms with Gasteiger partial charge in [0.15, 0.2) is 0 Å². The Bertz CT molecular complexity index is 1280. The van der Waals surface area contributed by atoms with Crippen molar-refractivity contribution >= 4 is 46.2 Å². The van der Waals surface area contributed by atoms with Crippen molar-refractivity contribution in [2.45, 2.75) is 6.54 Å². The highest BCUT2D eigenvalue weighted by molar-refractivity contribution is 6.35. The largest absolute Gasteiger partial charge is 0.496 e. The molecule has 0 fully saturated rings. The van der Waals surface area contributed by atoms with Gasteiger partial charge in [-0.15, -0.1) is 0 Å². The summed E-state index contributed by atoms with van der Waals surface area (Å²) >= 11 is 12.4. The fraction of sp³-hybridized carbons (Fsp3) is 0.0833. The van der Waals surface area contributed by atoms with Crippen LogP contribution in [0.1, 0.15) is 21.5 Å². The second-order valence-corrected chi connectivity index (χ2v) is 7.71. The summed E-state index contributed by atoms with van der Waals surface area (Å²) in [5.74, 6) is 0.150. The van der Waals surface area contributed by atoms with Crippen molar-refractivity contribution in [3.05, 3.63) is 99.7 Å². The van der Waals surface area contributed by atoms with Crippen molar-refractivity contribution in [3.63, 3.8) is 0 Å². The van der Waals surface area contributed by atoms with Gasteiger partial charge in [0.05, 0.1) is 18.9 Å². The first-order valence-electron chi connectivity index (χ1n) is 9.55. The Labute approximate surface area is 189 Å². The van der Waals surface area contributed by atoms with Crippen molar-refractivity contribution in [2.75, 3.05) is 7.11 Å². The van der Waals surface area contributed by atoms with Gasteiger partial charge in [0.2, 0.25) is 0 Å². The number of benzene rings is 3. The number of ether oxygens (including phenoxy) is 1. The van der Waals surface area contributed by atoms with E-state index in [1.54, 1.807) is 36.5 Å². The zero-order valence-corrected chi connectivity index (χ0v) is 18.2. The average Bonchev–Trinajstić information content (AvgIpc) is 3.13. The fourth-order valence-corrected chi connectivity index (χ4v) is 3.86. The molecule has 0 radical (unpaired) electrons. The van der Waals surface area contributed by atoms with Gasteiger partial charge in [0.25, 0.3) is 5.91 Å². The SMILES string of the molecule is COc1ccccc1C(=O)N/N=C\c1cn(Cc2ccc(Cl)cc2Cl)c2ccccc12. The van der Waals surface area contributed by atoms with Gasteiger partial charge < -0.3 is 9.30 Å². The minimum absolute atomic E-state index is 0.342. The van der Waals surface area contributed by atoms with Crippen LogP contribution in [0.25, 0.3) is 10.9 Å². The smallest absolute Gasteiger partial charge is 0.275 e. The molecule has 5 nitrogen and oxygen atoms in total. The number of carbonyl (C=O) groups excluding carboxylic acids is 1. The molecule has 0 saturated carbocycles. The maximum absolute atomic E-state index is 12.5. The Kier molecular flexibility index (Phi) is 6.26. The minimum atomic E-state index is -0.342. The fourth-order valence-electron chi connectivity index (χ4n) is 3.40. The Morgan fingerprint density at radius 2 is 1.87 bits per heavy atom. The molecule has 1 N–H and O–H groups in total. The number of carbonyl (C=O) groups is 1. The van der Waals surface area contributed by atoms with E-state index in [2.05, 4.69) is 15.1 Å². The molecule has 0 aliphatic rings. The van der Waals surface area contributed by atoms with Gasteiger partial charge >= 0.3 is 0 Å². The number of hydrazone groups is 1. The summed E-state index contributed by atoms with van der Waals surface area (Å²) in [5, 5.41) is 6.39. The van der Waals surface area contributed by atoms with Gasteiger partial charge in [0, 0.05) is 39.3 Å². The number of aromatic nitrogens is 1. The first kappa shape index (κ1) is 21.0. The van der Waals surface area contributed by atoms with Crippen LogP contribution in [0, 0.1) is 0 Å². The molecule has 1 amide bonds. The molecule has 1 aromatic heterocycles. The normalized spacial score (nSPS) is 11.2. The van der Waals surface area contributed by atoms with E-state index in [-0.39, 0.29) is 5.91 Å². The molecule has 0 saturated heterocycles. The summed E-state index contributed by atoms with van der Waals surface area (Å²) in [7, 11) is 1.52. The van der Waals surface area contributed by atoms with Gasteiger partial charge in [-0.05, 0) is 35.9 Å². The number of fused-ring (bicyclic) bond motifs is 1. The van der Waals surface area contributed by atoms with E-state index in [0.29, 0.717) is 27.9 Å². The number of hydrogen-bond acceptors (Lipinski definition) is 3. The van der Waals surface area contributed by atoms with Crippen LogP contribution in [0.15, 0.2) is 78.0 Å². The minimum Gasteiger partial charge on any atom is -0.496 e. The number of methoxy groups -OCH3 is 1. The number of para-hydroxylation sites is 2. The van der Waals surface area contributed by atoms with Crippen LogP contribution >= 0.6 is 23.2 Å². The number of nitrogens with zero attached hydrogens (tertiary/aromatic N) is 2. The molecule has 7 heteroatoms. The first-order chi connectivity index (χ1) is 15.1. The topological polar surface area (TPSA) is 55.6 Å². The Morgan fingerprint density at radius 3 is 2.68 bits per heavy atom. The van der Waals surface area contributed by atoms with Crippen molar-refractivity contribution < 1.29 is 9.53 Å². The molecular formula is C24H19Cl2N3O2. The predicted molar refractivity (Wildman–Crippen MR) is 126 cm³/mol. The molecule has 0 aliphatic heterocycles. The Morgan fingerprint density at radius 1 is 1.10 bits per heavy atom. The van der Waals surface area contributed by atoms with Gasteiger partial charge in [-0.1, -0.05) is 59.6 Å². The monoisotopic (exact) mass is 451 g/mol. The number of amides is 1. The summed E-state index contributed by atoms with van der Waals surface area (Å²) in [6.45, 7) is 0.581. The van der Waals surface area contributed by atoms with E-state index < -0.39 is 0 Å².